The fraction of sp³-hybridized carbons (Fsp3) is 0.500. The lowest BCUT2D eigenvalue weighted by molar-refractivity contribution is -0.131. The highest BCUT2D eigenvalue weighted by Gasteiger charge is 2.23. The number of nitrogens with one attached hydrogen (secondary N) is 1. The van der Waals surface area contributed by atoms with Crippen molar-refractivity contribution in [3.63, 3.8) is 0 Å². The van der Waals surface area contributed by atoms with Crippen molar-refractivity contribution in [1.29, 1.82) is 0 Å². The van der Waals surface area contributed by atoms with Gasteiger partial charge in [-0.25, -0.2) is 4.98 Å². The number of pyridine rings is 1. The molecule has 110 valence electrons. The average molecular weight is 281 g/mol. The molecule has 20 heavy (non-hydrogen) atoms. The quantitative estimate of drug-likeness (QED) is 0.831. The van der Waals surface area contributed by atoms with E-state index in [1.165, 1.54) is 17.2 Å². The van der Waals surface area contributed by atoms with Gasteiger partial charge in [-0.3, -0.25) is 9.59 Å². The van der Waals surface area contributed by atoms with Gasteiger partial charge in [-0.05, 0) is 18.4 Å². The topological polar surface area (TPSA) is 62.3 Å². The van der Waals surface area contributed by atoms with Gasteiger partial charge in [0.05, 0.1) is 0 Å². The Kier molecular flexibility index (Phi) is 5.61. The normalized spacial score (nSPS) is 12.1. The van der Waals surface area contributed by atoms with Crippen molar-refractivity contribution in [3.05, 3.63) is 29.8 Å². The van der Waals surface area contributed by atoms with E-state index in [0.29, 0.717) is 6.42 Å². The van der Waals surface area contributed by atoms with Crippen LogP contribution in [0.1, 0.15) is 30.6 Å². The number of nitrogens with zero attached hydrogens (tertiary/aromatic N) is 2. The fourth-order valence-corrected chi connectivity index (χ4v) is 1.79. The third-order valence-electron chi connectivity index (χ3n) is 2.74. The Morgan fingerprint density at radius 3 is 2.55 bits per heavy atom. The maximum Gasteiger partial charge on any atom is 0.252 e. The minimum absolute atomic E-state index is 0.151. The van der Waals surface area contributed by atoms with Gasteiger partial charge in [0.25, 0.3) is 5.91 Å². The van der Waals surface area contributed by atoms with Crippen LogP contribution in [0.15, 0.2) is 18.3 Å². The van der Waals surface area contributed by atoms with Gasteiger partial charge in [0.15, 0.2) is 0 Å². The molecule has 1 N–H and O–H groups in total. The molecule has 0 fully saturated rings. The second-order valence-electron chi connectivity index (χ2n) is 5.26. The number of amides is 2. The van der Waals surface area contributed by atoms with Crippen molar-refractivity contribution >= 4 is 11.8 Å². The second-order valence-corrected chi connectivity index (χ2v) is 5.26. The highest BCUT2D eigenvalue weighted by atomic mass is 19.1. The molecule has 0 aromatic carbocycles. The molecule has 1 rings (SSSR count). The Hall–Kier alpha value is -1.98. The summed E-state index contributed by atoms with van der Waals surface area (Å²) in [5.74, 6) is -1.14. The van der Waals surface area contributed by atoms with Crippen LogP contribution in [0.5, 0.6) is 0 Å². The van der Waals surface area contributed by atoms with E-state index >= 15 is 0 Å². The zero-order valence-corrected chi connectivity index (χ0v) is 12.2. The van der Waals surface area contributed by atoms with E-state index in [0.717, 1.165) is 6.07 Å². The molecule has 6 heteroatoms. The Morgan fingerprint density at radius 1 is 1.40 bits per heavy atom. The number of carbonyl (C=O) groups excluding carboxylic acids is 2. The first kappa shape index (κ1) is 16.1. The van der Waals surface area contributed by atoms with E-state index in [1.807, 2.05) is 13.8 Å². The smallest absolute Gasteiger partial charge is 0.252 e. The molecule has 1 aromatic heterocycles. The van der Waals surface area contributed by atoms with Gasteiger partial charge in [-0.15, -0.1) is 0 Å². The van der Waals surface area contributed by atoms with E-state index in [9.17, 15) is 14.0 Å². The summed E-state index contributed by atoms with van der Waals surface area (Å²) in [5, 5.41) is 2.65. The maximum absolute atomic E-state index is 13.0. The minimum Gasteiger partial charge on any atom is -0.347 e. The number of likely N-dealkylation sites (N-methyl/N-ethyl adjacent to an activating group) is 1. The number of aromatic nitrogens is 1. The molecule has 0 saturated carbocycles. The third kappa shape index (κ3) is 4.60. The molecule has 0 aliphatic carbocycles. The summed E-state index contributed by atoms with van der Waals surface area (Å²) < 4.78 is 13.0. The Labute approximate surface area is 118 Å². The van der Waals surface area contributed by atoms with Gasteiger partial charge in [-0.1, -0.05) is 13.8 Å². The van der Waals surface area contributed by atoms with E-state index in [4.69, 9.17) is 0 Å². The first-order valence-electron chi connectivity index (χ1n) is 6.44. The van der Waals surface area contributed by atoms with Gasteiger partial charge < -0.3 is 10.2 Å². The largest absolute Gasteiger partial charge is 0.347 e. The van der Waals surface area contributed by atoms with E-state index in [-0.39, 0.29) is 17.4 Å². The summed E-state index contributed by atoms with van der Waals surface area (Å²) in [7, 11) is 3.27. The highest BCUT2D eigenvalue weighted by Crippen LogP contribution is 2.09. The first-order valence-corrected chi connectivity index (χ1v) is 6.44. The SMILES string of the molecule is CC(C)CC(NC(=O)c1ccnc(F)c1)C(=O)N(C)C. The van der Waals surface area contributed by atoms with Crippen molar-refractivity contribution in [3.8, 4) is 0 Å². The lowest BCUT2D eigenvalue weighted by atomic mass is 10.0. The predicted octanol–water partition coefficient (Wildman–Crippen LogP) is 1.45. The molecule has 0 saturated heterocycles. The molecule has 0 bridgehead atoms. The van der Waals surface area contributed by atoms with Crippen molar-refractivity contribution in [2.45, 2.75) is 26.3 Å². The molecule has 1 unspecified atom stereocenters. The Morgan fingerprint density at radius 2 is 2.05 bits per heavy atom. The average Bonchev–Trinajstić information content (AvgIpc) is 2.36. The van der Waals surface area contributed by atoms with Crippen LogP contribution in [0.25, 0.3) is 0 Å². The maximum atomic E-state index is 13.0. The highest BCUT2D eigenvalue weighted by molar-refractivity contribution is 5.97. The standard InChI is InChI=1S/C14H20FN3O2/c1-9(2)7-11(14(20)18(3)4)17-13(19)10-5-6-16-12(15)8-10/h5-6,8-9,11H,7H2,1-4H3,(H,17,19). The molecule has 5 nitrogen and oxygen atoms in total. The van der Waals surface area contributed by atoms with E-state index in [2.05, 4.69) is 10.3 Å². The molecule has 2 amide bonds. The number of halogens is 1. The summed E-state index contributed by atoms with van der Waals surface area (Å²) in [6, 6.07) is 1.83. The fourth-order valence-electron chi connectivity index (χ4n) is 1.79. The zero-order valence-electron chi connectivity index (χ0n) is 12.2. The van der Waals surface area contributed by atoms with Gasteiger partial charge in [-0.2, -0.15) is 4.39 Å². The lowest BCUT2D eigenvalue weighted by Gasteiger charge is -2.23. The van der Waals surface area contributed by atoms with E-state index < -0.39 is 17.9 Å². The molecule has 1 heterocycles. The Bertz CT molecular complexity index is 489. The number of carbonyl (C=O) groups is 2. The van der Waals surface area contributed by atoms with Crippen LogP contribution >= 0.6 is 0 Å². The van der Waals surface area contributed by atoms with Crippen LogP contribution < -0.4 is 5.32 Å². The van der Waals surface area contributed by atoms with Gasteiger partial charge in [0.2, 0.25) is 11.9 Å². The molecule has 1 atom stereocenters. The number of hydrogen-bond donors (Lipinski definition) is 1. The van der Waals surface area contributed by atoms with Crippen LogP contribution in [0.3, 0.4) is 0 Å². The van der Waals surface area contributed by atoms with Gasteiger partial charge in [0, 0.05) is 31.9 Å². The molecule has 0 aliphatic heterocycles. The zero-order chi connectivity index (χ0) is 15.3. The summed E-state index contributed by atoms with van der Waals surface area (Å²) in [4.78, 5) is 28.9. The molecular formula is C14H20FN3O2. The van der Waals surface area contributed by atoms with Gasteiger partial charge in [0.1, 0.15) is 6.04 Å². The Balaban J connectivity index is 2.84. The number of hydrogen-bond acceptors (Lipinski definition) is 3. The molecule has 0 spiro atoms. The molecule has 1 aromatic rings. The van der Waals surface area contributed by atoms with Crippen molar-refractivity contribution < 1.29 is 14.0 Å². The van der Waals surface area contributed by atoms with Crippen molar-refractivity contribution in [2.75, 3.05) is 14.1 Å². The monoisotopic (exact) mass is 281 g/mol. The predicted molar refractivity (Wildman–Crippen MR) is 73.6 cm³/mol. The molecular weight excluding hydrogens is 261 g/mol. The van der Waals surface area contributed by atoms with Crippen molar-refractivity contribution in [2.24, 2.45) is 5.92 Å². The minimum atomic E-state index is -0.725. The van der Waals surface area contributed by atoms with Crippen LogP contribution in [-0.4, -0.2) is 41.8 Å². The number of rotatable bonds is 5. The molecule has 0 aliphatic rings. The molecule has 0 radical (unpaired) electrons. The van der Waals surface area contributed by atoms with Crippen LogP contribution in [0, 0.1) is 11.9 Å². The summed E-state index contributed by atoms with van der Waals surface area (Å²) in [5.41, 5.74) is 0.151. The summed E-state index contributed by atoms with van der Waals surface area (Å²) in [6.07, 6.45) is 1.74. The second kappa shape index (κ2) is 6.98. The third-order valence-corrected chi connectivity index (χ3v) is 2.74. The van der Waals surface area contributed by atoms with Crippen molar-refractivity contribution in [1.82, 2.24) is 15.2 Å². The summed E-state index contributed by atoms with van der Waals surface area (Å²) in [6.45, 7) is 3.93. The summed E-state index contributed by atoms with van der Waals surface area (Å²) >= 11 is 0. The van der Waals surface area contributed by atoms with Gasteiger partial charge >= 0.3 is 0 Å². The lowest BCUT2D eigenvalue weighted by Crippen LogP contribution is -2.46. The first-order chi connectivity index (χ1) is 9.31. The van der Waals surface area contributed by atoms with Crippen LogP contribution in [0.2, 0.25) is 0 Å². The van der Waals surface area contributed by atoms with Crippen LogP contribution in [0.4, 0.5) is 4.39 Å². The van der Waals surface area contributed by atoms with E-state index in [1.54, 1.807) is 14.1 Å². The van der Waals surface area contributed by atoms with Crippen LogP contribution in [-0.2, 0) is 4.79 Å².